The zero-order chi connectivity index (χ0) is 10.8. The molecule has 1 aliphatic rings. The molecule has 5 heteroatoms. The Balaban J connectivity index is 2.19. The van der Waals surface area contributed by atoms with Crippen LogP contribution in [-0.2, 0) is 0 Å². The Morgan fingerprint density at radius 1 is 1.40 bits per heavy atom. The second-order valence-electron chi connectivity index (χ2n) is 3.59. The molecule has 0 amide bonds. The maximum absolute atomic E-state index is 10.4. The predicted molar refractivity (Wildman–Crippen MR) is 55.7 cm³/mol. The third-order valence-corrected chi connectivity index (χ3v) is 2.61. The Morgan fingerprint density at radius 3 is 2.53 bits per heavy atom. The second-order valence-corrected chi connectivity index (χ2v) is 3.59. The molecule has 0 unspecified atom stereocenters. The normalized spacial score (nSPS) is 20.6. The van der Waals surface area contributed by atoms with Crippen molar-refractivity contribution >= 4 is 11.4 Å². The van der Waals surface area contributed by atoms with E-state index in [-0.39, 0.29) is 5.69 Å². The summed E-state index contributed by atoms with van der Waals surface area (Å²) in [6, 6.07) is 6.26. The standard InChI is InChI=1S/C10H12N2O3/c13-10-2-1-7-11(10)8-3-5-9(6-4-8)12(14)15/h3-6,10,13H,1-2,7H2/t10-/m0/s1. The molecule has 2 rings (SSSR count). The number of hydrogen-bond acceptors (Lipinski definition) is 4. The van der Waals surface area contributed by atoms with E-state index in [2.05, 4.69) is 0 Å². The molecular weight excluding hydrogens is 196 g/mol. The highest BCUT2D eigenvalue weighted by molar-refractivity contribution is 5.51. The monoisotopic (exact) mass is 208 g/mol. The van der Waals surface area contributed by atoms with E-state index in [4.69, 9.17) is 0 Å². The van der Waals surface area contributed by atoms with E-state index in [9.17, 15) is 15.2 Å². The van der Waals surface area contributed by atoms with Crippen molar-refractivity contribution in [1.29, 1.82) is 0 Å². The topological polar surface area (TPSA) is 66.6 Å². The zero-order valence-corrected chi connectivity index (χ0v) is 8.17. The first-order valence-corrected chi connectivity index (χ1v) is 4.87. The van der Waals surface area contributed by atoms with Gasteiger partial charge in [-0.1, -0.05) is 0 Å². The van der Waals surface area contributed by atoms with Gasteiger partial charge in [0.2, 0.25) is 0 Å². The van der Waals surface area contributed by atoms with Crippen LogP contribution in [-0.4, -0.2) is 22.8 Å². The average Bonchev–Trinajstić information content (AvgIpc) is 2.65. The van der Waals surface area contributed by atoms with Crippen LogP contribution in [0.3, 0.4) is 0 Å². The third kappa shape index (κ3) is 1.92. The highest BCUT2D eigenvalue weighted by Gasteiger charge is 2.22. The van der Waals surface area contributed by atoms with Crippen molar-refractivity contribution in [2.75, 3.05) is 11.4 Å². The quantitative estimate of drug-likeness (QED) is 0.591. The van der Waals surface area contributed by atoms with Crippen molar-refractivity contribution in [3.05, 3.63) is 34.4 Å². The van der Waals surface area contributed by atoms with Gasteiger partial charge in [-0.3, -0.25) is 10.1 Å². The second kappa shape index (κ2) is 3.86. The average molecular weight is 208 g/mol. The number of benzene rings is 1. The van der Waals surface area contributed by atoms with Gasteiger partial charge in [-0.2, -0.15) is 0 Å². The van der Waals surface area contributed by atoms with Crippen LogP contribution in [0.15, 0.2) is 24.3 Å². The number of nitro benzene ring substituents is 1. The first-order chi connectivity index (χ1) is 7.18. The number of nitro groups is 1. The molecule has 1 fully saturated rings. The van der Waals surface area contributed by atoms with E-state index in [0.717, 1.165) is 25.1 Å². The van der Waals surface area contributed by atoms with Gasteiger partial charge in [0.25, 0.3) is 5.69 Å². The lowest BCUT2D eigenvalue weighted by molar-refractivity contribution is -0.384. The van der Waals surface area contributed by atoms with Gasteiger partial charge in [0.1, 0.15) is 6.23 Å². The van der Waals surface area contributed by atoms with Crippen LogP contribution in [0, 0.1) is 10.1 Å². The summed E-state index contributed by atoms with van der Waals surface area (Å²) in [5, 5.41) is 20.1. The molecule has 0 spiro atoms. The highest BCUT2D eigenvalue weighted by Crippen LogP contribution is 2.25. The van der Waals surface area contributed by atoms with Crippen LogP contribution in [0.4, 0.5) is 11.4 Å². The smallest absolute Gasteiger partial charge is 0.269 e. The Kier molecular flexibility index (Phi) is 2.55. The van der Waals surface area contributed by atoms with Crippen molar-refractivity contribution in [3.63, 3.8) is 0 Å². The van der Waals surface area contributed by atoms with Crippen LogP contribution in [0.5, 0.6) is 0 Å². The molecular formula is C10H12N2O3. The van der Waals surface area contributed by atoms with E-state index in [0.29, 0.717) is 0 Å². The van der Waals surface area contributed by atoms with Gasteiger partial charge in [-0.05, 0) is 25.0 Å². The molecule has 1 saturated heterocycles. The minimum absolute atomic E-state index is 0.0763. The third-order valence-electron chi connectivity index (χ3n) is 2.61. The van der Waals surface area contributed by atoms with Crippen LogP contribution in [0.1, 0.15) is 12.8 Å². The summed E-state index contributed by atoms with van der Waals surface area (Å²) in [4.78, 5) is 11.9. The molecule has 15 heavy (non-hydrogen) atoms. The van der Waals surface area contributed by atoms with Gasteiger partial charge in [-0.15, -0.1) is 0 Å². The predicted octanol–water partition coefficient (Wildman–Crippen LogP) is 1.51. The Morgan fingerprint density at radius 2 is 2.07 bits per heavy atom. The highest BCUT2D eigenvalue weighted by atomic mass is 16.6. The van der Waals surface area contributed by atoms with Gasteiger partial charge in [0, 0.05) is 24.4 Å². The summed E-state index contributed by atoms with van der Waals surface area (Å²) in [5.41, 5.74) is 0.915. The minimum atomic E-state index is -0.452. The molecule has 0 aromatic heterocycles. The van der Waals surface area contributed by atoms with Gasteiger partial charge < -0.3 is 10.0 Å². The summed E-state index contributed by atoms with van der Waals surface area (Å²) < 4.78 is 0. The van der Waals surface area contributed by atoms with Crippen LogP contribution in [0.2, 0.25) is 0 Å². The van der Waals surface area contributed by atoms with Crippen LogP contribution >= 0.6 is 0 Å². The van der Waals surface area contributed by atoms with Crippen molar-refractivity contribution in [1.82, 2.24) is 0 Å². The molecule has 0 aliphatic carbocycles. The molecule has 80 valence electrons. The SMILES string of the molecule is O=[N+]([O-])c1ccc(N2CCC[C@@H]2O)cc1. The van der Waals surface area contributed by atoms with Crippen molar-refractivity contribution in [3.8, 4) is 0 Å². The van der Waals surface area contributed by atoms with E-state index in [1.807, 2.05) is 4.90 Å². The zero-order valence-electron chi connectivity index (χ0n) is 8.17. The molecule has 1 aliphatic heterocycles. The number of anilines is 1. The molecule has 1 aromatic rings. The maximum Gasteiger partial charge on any atom is 0.269 e. The summed E-state index contributed by atoms with van der Waals surface area (Å²) in [5.74, 6) is 0. The van der Waals surface area contributed by atoms with Crippen molar-refractivity contribution in [2.24, 2.45) is 0 Å². The van der Waals surface area contributed by atoms with Gasteiger partial charge in [0.05, 0.1) is 4.92 Å². The lowest BCUT2D eigenvalue weighted by Gasteiger charge is -2.22. The number of rotatable bonds is 2. The summed E-state index contributed by atoms with van der Waals surface area (Å²) in [6.45, 7) is 0.805. The number of aliphatic hydroxyl groups is 1. The fraction of sp³-hybridized carbons (Fsp3) is 0.400. The van der Waals surface area contributed by atoms with E-state index < -0.39 is 11.2 Å². The fourth-order valence-electron chi connectivity index (χ4n) is 1.82. The Bertz CT molecular complexity index is 363. The Labute approximate surface area is 87.1 Å². The molecule has 1 aromatic carbocycles. The van der Waals surface area contributed by atoms with Crippen molar-refractivity contribution in [2.45, 2.75) is 19.1 Å². The van der Waals surface area contributed by atoms with Gasteiger partial charge in [0.15, 0.2) is 0 Å². The molecule has 0 saturated carbocycles. The lowest BCUT2D eigenvalue weighted by atomic mass is 10.2. The summed E-state index contributed by atoms with van der Waals surface area (Å²) in [6.07, 6.45) is 1.27. The molecule has 0 radical (unpaired) electrons. The lowest BCUT2D eigenvalue weighted by Crippen LogP contribution is -2.28. The van der Waals surface area contributed by atoms with Gasteiger partial charge in [-0.25, -0.2) is 0 Å². The maximum atomic E-state index is 10.4. The van der Waals surface area contributed by atoms with Crippen LogP contribution in [0.25, 0.3) is 0 Å². The first-order valence-electron chi connectivity index (χ1n) is 4.87. The number of nitrogens with zero attached hydrogens (tertiary/aromatic N) is 2. The van der Waals surface area contributed by atoms with E-state index in [1.165, 1.54) is 12.1 Å². The van der Waals surface area contributed by atoms with Gasteiger partial charge >= 0.3 is 0 Å². The molecule has 5 nitrogen and oxygen atoms in total. The molecule has 0 bridgehead atoms. The first kappa shape index (κ1) is 9.92. The van der Waals surface area contributed by atoms with Crippen molar-refractivity contribution < 1.29 is 10.0 Å². The number of hydrogen-bond donors (Lipinski definition) is 1. The Hall–Kier alpha value is -1.62. The largest absolute Gasteiger partial charge is 0.374 e. The summed E-state index contributed by atoms with van der Waals surface area (Å²) in [7, 11) is 0. The number of non-ortho nitro benzene ring substituents is 1. The van der Waals surface area contributed by atoms with Crippen LogP contribution < -0.4 is 4.90 Å². The number of aliphatic hydroxyl groups excluding tert-OH is 1. The van der Waals surface area contributed by atoms with E-state index in [1.54, 1.807) is 12.1 Å². The fourth-order valence-corrected chi connectivity index (χ4v) is 1.82. The van der Waals surface area contributed by atoms with E-state index >= 15 is 0 Å². The summed E-state index contributed by atoms with van der Waals surface area (Å²) >= 11 is 0. The molecule has 1 N–H and O–H groups in total. The minimum Gasteiger partial charge on any atom is -0.374 e. The molecule has 1 heterocycles. The molecule has 1 atom stereocenters.